The van der Waals surface area contributed by atoms with Gasteiger partial charge < -0.3 is 9.47 Å². The number of anilines is 1. The molecule has 1 aromatic carbocycles. The standard InChI is InChI=1S/C20H20N6/c1-24-12-10-21-20(24)15-9-11-25(13-15)18-7-4-8-19(23-18)26-14-22-16-5-2-3-6-17(16)26/h2-8,10,12,14-15H,9,11,13H2,1H3. The van der Waals surface area contributed by atoms with Crippen LogP contribution in [-0.4, -0.2) is 37.2 Å². The average molecular weight is 344 g/mol. The lowest BCUT2D eigenvalue weighted by Gasteiger charge is -2.18. The molecule has 4 aromatic rings. The van der Waals surface area contributed by atoms with Gasteiger partial charge in [-0.1, -0.05) is 18.2 Å². The molecule has 1 aliphatic rings. The number of aromatic nitrogens is 5. The Morgan fingerprint density at radius 1 is 1.00 bits per heavy atom. The maximum Gasteiger partial charge on any atom is 0.140 e. The highest BCUT2D eigenvalue weighted by Gasteiger charge is 2.27. The molecule has 3 aromatic heterocycles. The topological polar surface area (TPSA) is 51.8 Å². The number of pyridine rings is 1. The lowest BCUT2D eigenvalue weighted by Crippen LogP contribution is -2.21. The molecule has 1 atom stereocenters. The van der Waals surface area contributed by atoms with Gasteiger partial charge in [0, 0.05) is 38.4 Å². The molecule has 1 saturated heterocycles. The fourth-order valence-electron chi connectivity index (χ4n) is 3.81. The quantitative estimate of drug-likeness (QED) is 0.573. The van der Waals surface area contributed by atoms with Gasteiger partial charge in [0.2, 0.25) is 0 Å². The van der Waals surface area contributed by atoms with Crippen LogP contribution in [0, 0.1) is 0 Å². The summed E-state index contributed by atoms with van der Waals surface area (Å²) >= 11 is 0. The summed E-state index contributed by atoms with van der Waals surface area (Å²) in [6, 6.07) is 14.3. The smallest absolute Gasteiger partial charge is 0.140 e. The predicted molar refractivity (Wildman–Crippen MR) is 102 cm³/mol. The minimum Gasteiger partial charge on any atom is -0.356 e. The maximum atomic E-state index is 4.91. The van der Waals surface area contributed by atoms with E-state index < -0.39 is 0 Å². The van der Waals surface area contributed by atoms with Crippen LogP contribution in [0.4, 0.5) is 5.82 Å². The molecule has 130 valence electrons. The van der Waals surface area contributed by atoms with Gasteiger partial charge in [-0.05, 0) is 30.7 Å². The van der Waals surface area contributed by atoms with Crippen LogP contribution in [0.25, 0.3) is 16.9 Å². The Labute approximate surface area is 151 Å². The van der Waals surface area contributed by atoms with E-state index in [1.807, 2.05) is 47.6 Å². The number of hydrogen-bond acceptors (Lipinski definition) is 4. The second-order valence-electron chi connectivity index (χ2n) is 6.79. The molecule has 0 amide bonds. The van der Waals surface area contributed by atoms with Crippen LogP contribution in [0.15, 0.2) is 61.2 Å². The molecule has 4 heterocycles. The van der Waals surface area contributed by atoms with Gasteiger partial charge in [0.05, 0.1) is 11.0 Å². The van der Waals surface area contributed by atoms with Crippen molar-refractivity contribution in [3.8, 4) is 5.82 Å². The Kier molecular flexibility index (Phi) is 3.48. The zero-order valence-electron chi connectivity index (χ0n) is 14.7. The molecule has 5 rings (SSSR count). The molecule has 0 aliphatic carbocycles. The van der Waals surface area contributed by atoms with E-state index in [0.717, 1.165) is 48.0 Å². The molecular weight excluding hydrogens is 324 g/mol. The Morgan fingerprint density at radius 3 is 2.77 bits per heavy atom. The summed E-state index contributed by atoms with van der Waals surface area (Å²) in [7, 11) is 2.06. The SMILES string of the molecule is Cn1ccnc1C1CCN(c2cccc(-n3cnc4ccccc43)n2)C1. The van der Waals surface area contributed by atoms with E-state index in [2.05, 4.69) is 44.7 Å². The molecule has 0 bridgehead atoms. The molecule has 0 radical (unpaired) electrons. The minimum absolute atomic E-state index is 0.453. The van der Waals surface area contributed by atoms with Gasteiger partial charge in [-0.3, -0.25) is 4.57 Å². The van der Waals surface area contributed by atoms with Crippen molar-refractivity contribution in [1.29, 1.82) is 0 Å². The van der Waals surface area contributed by atoms with Crippen molar-refractivity contribution in [2.45, 2.75) is 12.3 Å². The largest absolute Gasteiger partial charge is 0.356 e. The summed E-state index contributed by atoms with van der Waals surface area (Å²) in [5.74, 6) is 3.52. The van der Waals surface area contributed by atoms with Gasteiger partial charge in [-0.15, -0.1) is 0 Å². The van der Waals surface area contributed by atoms with Crippen LogP contribution in [0.2, 0.25) is 0 Å². The van der Waals surface area contributed by atoms with Crippen molar-refractivity contribution in [3.05, 3.63) is 67.0 Å². The average Bonchev–Trinajstić information content (AvgIpc) is 3.40. The fraction of sp³-hybridized carbons (Fsp3) is 0.250. The van der Waals surface area contributed by atoms with Crippen LogP contribution in [0.5, 0.6) is 0 Å². The first-order chi connectivity index (χ1) is 12.8. The summed E-state index contributed by atoms with van der Waals surface area (Å²) in [4.78, 5) is 16.3. The number of hydrogen-bond donors (Lipinski definition) is 0. The number of aryl methyl sites for hydroxylation is 1. The van der Waals surface area contributed by atoms with Crippen LogP contribution in [0.1, 0.15) is 18.2 Å². The van der Waals surface area contributed by atoms with Crippen molar-refractivity contribution < 1.29 is 0 Å². The van der Waals surface area contributed by atoms with Gasteiger partial charge in [-0.2, -0.15) is 0 Å². The Bertz CT molecular complexity index is 1060. The highest BCUT2D eigenvalue weighted by Crippen LogP contribution is 2.29. The van der Waals surface area contributed by atoms with Crippen molar-refractivity contribution in [2.75, 3.05) is 18.0 Å². The Morgan fingerprint density at radius 2 is 1.88 bits per heavy atom. The number of imidazole rings is 2. The number of para-hydroxylation sites is 2. The predicted octanol–water partition coefficient (Wildman–Crippen LogP) is 3.15. The molecule has 1 fully saturated rings. The fourth-order valence-corrected chi connectivity index (χ4v) is 3.81. The minimum atomic E-state index is 0.453. The van der Waals surface area contributed by atoms with E-state index in [1.54, 1.807) is 0 Å². The molecule has 26 heavy (non-hydrogen) atoms. The Hall–Kier alpha value is -3.15. The Balaban J connectivity index is 1.45. The van der Waals surface area contributed by atoms with Crippen molar-refractivity contribution in [1.82, 2.24) is 24.1 Å². The van der Waals surface area contributed by atoms with E-state index in [1.165, 1.54) is 0 Å². The molecular formula is C20H20N6. The molecule has 0 N–H and O–H groups in total. The molecule has 0 saturated carbocycles. The third kappa shape index (κ3) is 2.45. The van der Waals surface area contributed by atoms with E-state index in [4.69, 9.17) is 4.98 Å². The van der Waals surface area contributed by atoms with Gasteiger partial charge in [0.25, 0.3) is 0 Å². The van der Waals surface area contributed by atoms with E-state index in [-0.39, 0.29) is 0 Å². The zero-order chi connectivity index (χ0) is 17.5. The molecule has 0 spiro atoms. The van der Waals surface area contributed by atoms with Crippen LogP contribution in [-0.2, 0) is 7.05 Å². The number of rotatable bonds is 3. The normalized spacial score (nSPS) is 17.3. The number of fused-ring (bicyclic) bond motifs is 1. The van der Waals surface area contributed by atoms with Crippen LogP contribution < -0.4 is 4.90 Å². The van der Waals surface area contributed by atoms with E-state index in [0.29, 0.717) is 5.92 Å². The monoisotopic (exact) mass is 344 g/mol. The maximum absolute atomic E-state index is 4.91. The van der Waals surface area contributed by atoms with Crippen molar-refractivity contribution >= 4 is 16.9 Å². The van der Waals surface area contributed by atoms with Gasteiger partial charge in [0.15, 0.2) is 0 Å². The summed E-state index contributed by atoms with van der Waals surface area (Å²) in [5.41, 5.74) is 2.06. The van der Waals surface area contributed by atoms with Gasteiger partial charge >= 0.3 is 0 Å². The van der Waals surface area contributed by atoms with Gasteiger partial charge in [-0.25, -0.2) is 15.0 Å². The molecule has 6 heteroatoms. The summed E-state index contributed by atoms with van der Waals surface area (Å²) < 4.78 is 4.17. The first-order valence-electron chi connectivity index (χ1n) is 8.91. The van der Waals surface area contributed by atoms with E-state index in [9.17, 15) is 0 Å². The molecule has 6 nitrogen and oxygen atoms in total. The van der Waals surface area contributed by atoms with Crippen molar-refractivity contribution in [3.63, 3.8) is 0 Å². The summed E-state index contributed by atoms with van der Waals surface area (Å²) in [6.45, 7) is 1.95. The lowest BCUT2D eigenvalue weighted by atomic mass is 10.1. The van der Waals surface area contributed by atoms with Gasteiger partial charge in [0.1, 0.15) is 23.8 Å². The third-order valence-electron chi connectivity index (χ3n) is 5.16. The third-order valence-corrected chi connectivity index (χ3v) is 5.16. The zero-order valence-corrected chi connectivity index (χ0v) is 14.7. The van der Waals surface area contributed by atoms with Crippen LogP contribution >= 0.6 is 0 Å². The number of nitrogens with zero attached hydrogens (tertiary/aromatic N) is 6. The second-order valence-corrected chi connectivity index (χ2v) is 6.79. The first kappa shape index (κ1) is 15.1. The van der Waals surface area contributed by atoms with E-state index >= 15 is 0 Å². The highest BCUT2D eigenvalue weighted by atomic mass is 15.2. The molecule has 1 unspecified atom stereocenters. The second kappa shape index (κ2) is 5.98. The molecule has 1 aliphatic heterocycles. The summed E-state index contributed by atoms with van der Waals surface area (Å²) in [6.07, 6.45) is 6.84. The van der Waals surface area contributed by atoms with Crippen molar-refractivity contribution in [2.24, 2.45) is 7.05 Å². The number of benzene rings is 1. The summed E-state index contributed by atoms with van der Waals surface area (Å²) in [5, 5.41) is 0. The lowest BCUT2D eigenvalue weighted by molar-refractivity contribution is 0.665. The van der Waals surface area contributed by atoms with Crippen LogP contribution in [0.3, 0.4) is 0 Å². The first-order valence-corrected chi connectivity index (χ1v) is 8.91. The highest BCUT2D eigenvalue weighted by molar-refractivity contribution is 5.76.